The zero-order chi connectivity index (χ0) is 26.4. The number of rotatable bonds is 7. The normalized spacial score (nSPS) is 19.4. The van der Waals surface area contributed by atoms with E-state index in [0.717, 1.165) is 83.8 Å². The summed E-state index contributed by atoms with van der Waals surface area (Å²) in [6, 6.07) is 10.3. The van der Waals surface area contributed by atoms with Crippen molar-refractivity contribution in [3.8, 4) is 11.1 Å². The highest BCUT2D eigenvalue weighted by Crippen LogP contribution is 2.39. The third-order valence-corrected chi connectivity index (χ3v) is 8.17. The SMILES string of the molecule is Cc1cc(-c2ccc3ncc(C(=O)C4CC4)c(Nc4cnn(C5CCC(N)CC5)c4)c3c2)cc(Cl)c1C=O. The van der Waals surface area contributed by atoms with E-state index in [1.54, 1.807) is 12.3 Å². The molecule has 4 aromatic rings. The van der Waals surface area contributed by atoms with Gasteiger partial charge in [0.2, 0.25) is 0 Å². The van der Waals surface area contributed by atoms with Gasteiger partial charge in [-0.25, -0.2) is 0 Å². The van der Waals surface area contributed by atoms with Gasteiger partial charge in [-0.3, -0.25) is 19.3 Å². The Hall–Kier alpha value is -3.55. The number of fused-ring (bicyclic) bond motifs is 1. The van der Waals surface area contributed by atoms with Crippen molar-refractivity contribution < 1.29 is 9.59 Å². The van der Waals surface area contributed by atoms with Crippen molar-refractivity contribution >= 4 is 45.9 Å². The number of aromatic nitrogens is 3. The van der Waals surface area contributed by atoms with E-state index in [-0.39, 0.29) is 17.7 Å². The van der Waals surface area contributed by atoms with Gasteiger partial charge in [0.1, 0.15) is 0 Å². The molecule has 2 heterocycles. The van der Waals surface area contributed by atoms with Crippen molar-refractivity contribution in [2.75, 3.05) is 5.32 Å². The van der Waals surface area contributed by atoms with Crippen molar-refractivity contribution in [3.05, 3.63) is 70.6 Å². The van der Waals surface area contributed by atoms with Crippen LogP contribution in [0.15, 0.2) is 48.9 Å². The first-order chi connectivity index (χ1) is 18.4. The highest BCUT2D eigenvalue weighted by atomic mass is 35.5. The number of Topliss-reactive ketones (excluding diaryl/α,β-unsaturated/α-hetero) is 1. The molecule has 0 unspecified atom stereocenters. The molecule has 2 aliphatic rings. The summed E-state index contributed by atoms with van der Waals surface area (Å²) in [4.78, 5) is 29.4. The Kier molecular flexibility index (Phi) is 6.50. The molecule has 3 N–H and O–H groups in total. The maximum absolute atomic E-state index is 13.3. The number of hydrogen-bond acceptors (Lipinski definition) is 6. The molecule has 6 rings (SSSR count). The molecule has 0 atom stereocenters. The van der Waals surface area contributed by atoms with Crippen LogP contribution in [0.4, 0.5) is 11.4 Å². The molecule has 194 valence electrons. The van der Waals surface area contributed by atoms with Crippen molar-refractivity contribution in [2.45, 2.75) is 57.5 Å². The number of hydrogen-bond donors (Lipinski definition) is 2. The van der Waals surface area contributed by atoms with Crippen LogP contribution >= 0.6 is 11.6 Å². The van der Waals surface area contributed by atoms with Crippen LogP contribution in [0, 0.1) is 12.8 Å². The lowest BCUT2D eigenvalue weighted by atomic mass is 9.92. The fourth-order valence-corrected chi connectivity index (χ4v) is 5.75. The number of nitrogens with two attached hydrogens (primary N) is 1. The van der Waals surface area contributed by atoms with Crippen molar-refractivity contribution in [1.29, 1.82) is 0 Å². The van der Waals surface area contributed by atoms with E-state index in [2.05, 4.69) is 15.4 Å². The summed E-state index contributed by atoms with van der Waals surface area (Å²) in [5, 5.41) is 9.42. The number of nitrogens with zero attached hydrogens (tertiary/aromatic N) is 3. The van der Waals surface area contributed by atoms with Crippen molar-refractivity contribution in [1.82, 2.24) is 14.8 Å². The third kappa shape index (κ3) is 4.72. The number of carbonyl (C=O) groups excluding carboxylic acids is 2. The number of carbonyl (C=O) groups is 2. The van der Waals surface area contributed by atoms with Gasteiger partial charge in [-0.1, -0.05) is 23.7 Å². The Morgan fingerprint density at radius 1 is 1.08 bits per heavy atom. The summed E-state index contributed by atoms with van der Waals surface area (Å²) >= 11 is 6.41. The van der Waals surface area contributed by atoms with E-state index in [0.29, 0.717) is 22.2 Å². The summed E-state index contributed by atoms with van der Waals surface area (Å²) in [6.07, 6.45) is 12.2. The Bertz CT molecular complexity index is 1530. The highest BCUT2D eigenvalue weighted by Gasteiger charge is 2.33. The van der Waals surface area contributed by atoms with E-state index in [1.165, 1.54) is 0 Å². The number of aldehydes is 1. The second-order valence-electron chi connectivity index (χ2n) is 10.6. The van der Waals surface area contributed by atoms with Crippen molar-refractivity contribution in [3.63, 3.8) is 0 Å². The van der Waals surface area contributed by atoms with Gasteiger partial charge in [0.25, 0.3) is 0 Å². The molecule has 8 heteroatoms. The molecule has 0 aliphatic heterocycles. The highest BCUT2D eigenvalue weighted by molar-refractivity contribution is 6.33. The van der Waals surface area contributed by atoms with Gasteiger partial charge in [0.05, 0.1) is 39.7 Å². The average molecular weight is 528 g/mol. The van der Waals surface area contributed by atoms with Gasteiger partial charge in [-0.2, -0.15) is 5.10 Å². The molecule has 7 nitrogen and oxygen atoms in total. The first-order valence-corrected chi connectivity index (χ1v) is 13.6. The first kappa shape index (κ1) is 24.8. The molecule has 0 spiro atoms. The fourth-order valence-electron chi connectivity index (χ4n) is 5.44. The van der Waals surface area contributed by atoms with Crippen LogP contribution in [0.1, 0.15) is 70.8 Å². The van der Waals surface area contributed by atoms with E-state index in [9.17, 15) is 9.59 Å². The van der Waals surface area contributed by atoms with Crippen LogP contribution in [0.3, 0.4) is 0 Å². The zero-order valence-corrected chi connectivity index (χ0v) is 22.0. The molecule has 0 bridgehead atoms. The molecule has 38 heavy (non-hydrogen) atoms. The van der Waals surface area contributed by atoms with Gasteiger partial charge in [-0.15, -0.1) is 0 Å². The second kappa shape index (κ2) is 9.97. The number of anilines is 2. The molecule has 0 radical (unpaired) electrons. The summed E-state index contributed by atoms with van der Waals surface area (Å²) < 4.78 is 2.02. The summed E-state index contributed by atoms with van der Waals surface area (Å²) in [5.74, 6) is 0.180. The lowest BCUT2D eigenvalue weighted by Crippen LogP contribution is -2.27. The van der Waals surface area contributed by atoms with E-state index in [1.807, 2.05) is 48.3 Å². The molecular formula is C30H30ClN5O2. The number of halogens is 1. The summed E-state index contributed by atoms with van der Waals surface area (Å²) in [7, 11) is 0. The van der Waals surface area contributed by atoms with Gasteiger partial charge < -0.3 is 11.1 Å². The molecule has 0 saturated heterocycles. The molecule has 2 aliphatic carbocycles. The maximum atomic E-state index is 13.3. The van der Waals surface area contributed by atoms with Crippen molar-refractivity contribution in [2.24, 2.45) is 11.7 Å². The predicted octanol–water partition coefficient (Wildman–Crippen LogP) is 6.65. The lowest BCUT2D eigenvalue weighted by Gasteiger charge is -2.26. The average Bonchev–Trinajstić information content (AvgIpc) is 3.67. The number of ketones is 1. The lowest BCUT2D eigenvalue weighted by molar-refractivity contribution is 0.0968. The molecular weight excluding hydrogens is 498 g/mol. The minimum atomic E-state index is 0.0597. The Labute approximate surface area is 226 Å². The second-order valence-corrected chi connectivity index (χ2v) is 11.0. The van der Waals surface area contributed by atoms with Gasteiger partial charge in [-0.05, 0) is 80.3 Å². The standard InChI is InChI=1S/C30H30ClN5O2/c1-17-10-20(12-27(31)26(17)16-37)19-4-9-28-24(11-19)29(25(14-33-28)30(38)18-2-3-18)35-22-13-34-36(15-22)23-7-5-21(32)6-8-23/h4,9-16,18,21,23H,2-3,5-8,32H2,1H3,(H,33,35). The fraction of sp³-hybridized carbons (Fsp3) is 0.333. The minimum absolute atomic E-state index is 0.0597. The smallest absolute Gasteiger partial charge is 0.169 e. The van der Waals surface area contributed by atoms with Crippen LogP contribution in [0.25, 0.3) is 22.0 Å². The van der Waals surface area contributed by atoms with Gasteiger partial charge in [0.15, 0.2) is 12.1 Å². The predicted molar refractivity (Wildman–Crippen MR) is 150 cm³/mol. The molecule has 2 aromatic carbocycles. The first-order valence-electron chi connectivity index (χ1n) is 13.2. The Balaban J connectivity index is 1.42. The Morgan fingerprint density at radius 3 is 2.58 bits per heavy atom. The van der Waals surface area contributed by atoms with E-state index in [4.69, 9.17) is 17.3 Å². The number of pyridine rings is 1. The maximum Gasteiger partial charge on any atom is 0.169 e. The van der Waals surface area contributed by atoms with E-state index >= 15 is 0 Å². The van der Waals surface area contributed by atoms with Crippen LogP contribution in [-0.4, -0.2) is 32.9 Å². The van der Waals surface area contributed by atoms with Gasteiger partial charge >= 0.3 is 0 Å². The minimum Gasteiger partial charge on any atom is -0.352 e. The summed E-state index contributed by atoms with van der Waals surface area (Å²) in [5.41, 5.74) is 12.2. The van der Waals surface area contributed by atoms with Gasteiger partial charge in [0, 0.05) is 35.3 Å². The molecule has 0 amide bonds. The number of benzene rings is 2. The van der Waals surface area contributed by atoms with E-state index < -0.39 is 0 Å². The monoisotopic (exact) mass is 527 g/mol. The van der Waals surface area contributed by atoms with Crippen LogP contribution in [0.5, 0.6) is 0 Å². The van der Waals surface area contributed by atoms with Crippen LogP contribution in [-0.2, 0) is 0 Å². The Morgan fingerprint density at radius 2 is 1.87 bits per heavy atom. The van der Waals surface area contributed by atoms with Crippen LogP contribution in [0.2, 0.25) is 5.02 Å². The third-order valence-electron chi connectivity index (χ3n) is 7.86. The molecule has 2 saturated carbocycles. The molecule has 2 fully saturated rings. The number of aryl methyl sites for hydroxylation is 1. The number of nitrogens with one attached hydrogen (secondary N) is 1. The largest absolute Gasteiger partial charge is 0.352 e. The van der Waals surface area contributed by atoms with Crippen LogP contribution < -0.4 is 11.1 Å². The quantitative estimate of drug-likeness (QED) is 0.206. The topological polar surface area (TPSA) is 103 Å². The molecule has 2 aromatic heterocycles. The summed E-state index contributed by atoms with van der Waals surface area (Å²) in [6.45, 7) is 1.87. The zero-order valence-electron chi connectivity index (χ0n) is 21.3.